The van der Waals surface area contributed by atoms with Crippen LogP contribution in [0.4, 0.5) is 11.4 Å². The van der Waals surface area contributed by atoms with Crippen LogP contribution in [-0.2, 0) is 4.79 Å². The number of halogens is 1. The summed E-state index contributed by atoms with van der Waals surface area (Å²) in [5.74, 6) is -0.103. The lowest BCUT2D eigenvalue weighted by Crippen LogP contribution is -2.25. The van der Waals surface area contributed by atoms with Crippen molar-refractivity contribution in [1.29, 1.82) is 0 Å². The highest BCUT2D eigenvalue weighted by atomic mass is 79.9. The Morgan fingerprint density at radius 2 is 1.82 bits per heavy atom. The fraction of sp³-hybridized carbons (Fsp3) is 0.176. The third kappa shape index (κ3) is 2.90. The minimum absolute atomic E-state index is 0.0996. The number of carbonyl (C=O) groups excluding carboxylic acids is 2. The maximum Gasteiger partial charge on any atom is 0.256 e. The van der Waals surface area contributed by atoms with E-state index in [0.29, 0.717) is 24.2 Å². The third-order valence-electron chi connectivity index (χ3n) is 3.63. The largest absolute Gasteiger partial charge is 0.320 e. The molecule has 1 saturated heterocycles. The summed E-state index contributed by atoms with van der Waals surface area (Å²) in [6, 6.07) is 14.6. The van der Waals surface area contributed by atoms with Gasteiger partial charge in [0.25, 0.3) is 5.91 Å². The molecule has 2 amide bonds. The van der Waals surface area contributed by atoms with Crippen molar-refractivity contribution in [3.63, 3.8) is 0 Å². The molecular weight excluding hydrogens is 344 g/mol. The highest BCUT2D eigenvalue weighted by molar-refractivity contribution is 9.10. The summed E-state index contributed by atoms with van der Waals surface area (Å²) < 4.78 is 0.738. The van der Waals surface area contributed by atoms with Gasteiger partial charge in [0.05, 0.1) is 16.9 Å². The molecule has 3 rings (SSSR count). The van der Waals surface area contributed by atoms with Crippen molar-refractivity contribution in [2.24, 2.45) is 0 Å². The van der Waals surface area contributed by atoms with Crippen LogP contribution in [0, 0.1) is 0 Å². The highest BCUT2D eigenvalue weighted by Gasteiger charge is 2.24. The van der Waals surface area contributed by atoms with E-state index in [1.54, 1.807) is 11.0 Å². The van der Waals surface area contributed by atoms with E-state index in [9.17, 15) is 9.59 Å². The normalized spacial score (nSPS) is 14.2. The van der Waals surface area contributed by atoms with Crippen molar-refractivity contribution < 1.29 is 9.59 Å². The first-order valence-corrected chi connectivity index (χ1v) is 7.91. The molecule has 1 N–H and O–H groups in total. The van der Waals surface area contributed by atoms with Crippen LogP contribution in [0.2, 0.25) is 0 Å². The van der Waals surface area contributed by atoms with Gasteiger partial charge in [-0.05, 0) is 46.6 Å². The summed E-state index contributed by atoms with van der Waals surface area (Å²) in [5.41, 5.74) is 1.97. The van der Waals surface area contributed by atoms with Crippen molar-refractivity contribution in [3.8, 4) is 0 Å². The molecule has 2 aromatic carbocycles. The van der Waals surface area contributed by atoms with E-state index in [-0.39, 0.29) is 11.8 Å². The molecular formula is C17H15BrN2O2. The van der Waals surface area contributed by atoms with Gasteiger partial charge < -0.3 is 10.2 Å². The number of nitrogens with one attached hydrogen (secondary N) is 1. The maximum atomic E-state index is 12.4. The first-order chi connectivity index (χ1) is 10.7. The van der Waals surface area contributed by atoms with Crippen LogP contribution in [0.15, 0.2) is 53.0 Å². The number of benzene rings is 2. The molecule has 0 unspecified atom stereocenters. The molecule has 0 spiro atoms. The molecule has 1 aliphatic rings. The van der Waals surface area contributed by atoms with Crippen molar-refractivity contribution in [2.45, 2.75) is 12.8 Å². The maximum absolute atomic E-state index is 12.4. The summed E-state index contributed by atoms with van der Waals surface area (Å²) in [5, 5.41) is 2.90. The van der Waals surface area contributed by atoms with Gasteiger partial charge in [-0.2, -0.15) is 0 Å². The van der Waals surface area contributed by atoms with Gasteiger partial charge in [-0.1, -0.05) is 24.3 Å². The standard InChI is InChI=1S/C17H15BrN2O2/c18-13-7-2-1-6-12(13)17(22)19-14-8-3-4-9-15(14)20-11-5-10-16(20)21/h1-4,6-9H,5,10-11H2,(H,19,22). The predicted octanol–water partition coefficient (Wildman–Crippen LogP) is 3.83. The Labute approximate surface area is 137 Å². The lowest BCUT2D eigenvalue weighted by atomic mass is 10.2. The number of carbonyl (C=O) groups is 2. The minimum Gasteiger partial charge on any atom is -0.320 e. The number of anilines is 2. The lowest BCUT2D eigenvalue weighted by molar-refractivity contribution is -0.117. The van der Waals surface area contributed by atoms with Crippen LogP contribution in [0.25, 0.3) is 0 Å². The van der Waals surface area contributed by atoms with Gasteiger partial charge in [0.1, 0.15) is 0 Å². The van der Waals surface area contributed by atoms with Crippen molar-refractivity contribution in [2.75, 3.05) is 16.8 Å². The molecule has 112 valence electrons. The second kappa shape index (κ2) is 6.32. The number of nitrogens with zero attached hydrogens (tertiary/aromatic N) is 1. The zero-order valence-electron chi connectivity index (χ0n) is 11.9. The number of hydrogen-bond donors (Lipinski definition) is 1. The minimum atomic E-state index is -0.202. The van der Waals surface area contributed by atoms with E-state index in [0.717, 1.165) is 16.6 Å². The molecule has 0 bridgehead atoms. The Hall–Kier alpha value is -2.14. The number of rotatable bonds is 3. The number of para-hydroxylation sites is 2. The fourth-order valence-electron chi connectivity index (χ4n) is 2.55. The van der Waals surface area contributed by atoms with Crippen LogP contribution >= 0.6 is 15.9 Å². The molecule has 0 atom stereocenters. The molecule has 4 nitrogen and oxygen atoms in total. The zero-order valence-corrected chi connectivity index (χ0v) is 13.5. The van der Waals surface area contributed by atoms with Gasteiger partial charge in [0.2, 0.25) is 5.91 Å². The SMILES string of the molecule is O=C(Nc1ccccc1N1CCCC1=O)c1ccccc1Br. The zero-order chi connectivity index (χ0) is 15.5. The van der Waals surface area contributed by atoms with Crippen LogP contribution in [0.3, 0.4) is 0 Å². The molecule has 0 radical (unpaired) electrons. The Bertz CT molecular complexity index is 730. The summed E-state index contributed by atoms with van der Waals surface area (Å²) in [6.45, 7) is 0.695. The molecule has 1 fully saturated rings. The van der Waals surface area contributed by atoms with Crippen LogP contribution in [-0.4, -0.2) is 18.4 Å². The third-order valence-corrected chi connectivity index (χ3v) is 4.33. The first kappa shape index (κ1) is 14.8. The van der Waals surface area contributed by atoms with Crippen molar-refractivity contribution in [1.82, 2.24) is 0 Å². The molecule has 0 aromatic heterocycles. The van der Waals surface area contributed by atoms with E-state index in [1.807, 2.05) is 42.5 Å². The van der Waals surface area contributed by atoms with Crippen LogP contribution in [0.1, 0.15) is 23.2 Å². The van der Waals surface area contributed by atoms with Gasteiger partial charge in [0.15, 0.2) is 0 Å². The van der Waals surface area contributed by atoms with Gasteiger partial charge in [-0.15, -0.1) is 0 Å². The van der Waals surface area contributed by atoms with Crippen LogP contribution in [0.5, 0.6) is 0 Å². The summed E-state index contributed by atoms with van der Waals surface area (Å²) in [6.07, 6.45) is 1.41. The second-order valence-electron chi connectivity index (χ2n) is 5.10. The monoisotopic (exact) mass is 358 g/mol. The average molecular weight is 359 g/mol. The highest BCUT2D eigenvalue weighted by Crippen LogP contribution is 2.30. The summed E-state index contributed by atoms with van der Waals surface area (Å²) in [4.78, 5) is 26.1. The topological polar surface area (TPSA) is 49.4 Å². The quantitative estimate of drug-likeness (QED) is 0.906. The van der Waals surface area contributed by atoms with E-state index < -0.39 is 0 Å². The van der Waals surface area contributed by atoms with Crippen molar-refractivity contribution >= 4 is 39.1 Å². The van der Waals surface area contributed by atoms with Gasteiger partial charge in [-0.3, -0.25) is 9.59 Å². The molecule has 1 heterocycles. The smallest absolute Gasteiger partial charge is 0.256 e. The fourth-order valence-corrected chi connectivity index (χ4v) is 3.02. The van der Waals surface area contributed by atoms with Crippen molar-refractivity contribution in [3.05, 3.63) is 58.6 Å². The Morgan fingerprint density at radius 3 is 2.55 bits per heavy atom. The van der Waals surface area contributed by atoms with E-state index in [1.165, 1.54) is 0 Å². The molecule has 0 saturated carbocycles. The van der Waals surface area contributed by atoms with E-state index in [2.05, 4.69) is 21.2 Å². The second-order valence-corrected chi connectivity index (χ2v) is 5.95. The molecule has 0 aliphatic carbocycles. The van der Waals surface area contributed by atoms with Gasteiger partial charge in [0, 0.05) is 17.4 Å². The summed E-state index contributed by atoms with van der Waals surface area (Å²) >= 11 is 3.38. The van der Waals surface area contributed by atoms with Gasteiger partial charge in [-0.25, -0.2) is 0 Å². The Balaban J connectivity index is 1.88. The molecule has 22 heavy (non-hydrogen) atoms. The molecule has 5 heteroatoms. The number of hydrogen-bond acceptors (Lipinski definition) is 2. The Morgan fingerprint density at radius 1 is 1.09 bits per heavy atom. The summed E-state index contributed by atoms with van der Waals surface area (Å²) in [7, 11) is 0. The van der Waals surface area contributed by atoms with Crippen LogP contribution < -0.4 is 10.2 Å². The molecule has 1 aliphatic heterocycles. The van der Waals surface area contributed by atoms with E-state index in [4.69, 9.17) is 0 Å². The lowest BCUT2D eigenvalue weighted by Gasteiger charge is -2.20. The predicted molar refractivity (Wildman–Crippen MR) is 90.1 cm³/mol. The molecule has 2 aromatic rings. The Kier molecular flexibility index (Phi) is 4.24. The first-order valence-electron chi connectivity index (χ1n) is 7.12. The van der Waals surface area contributed by atoms with E-state index >= 15 is 0 Å². The average Bonchev–Trinajstić information content (AvgIpc) is 2.94. The number of amides is 2. The van der Waals surface area contributed by atoms with Gasteiger partial charge >= 0.3 is 0 Å².